The van der Waals surface area contributed by atoms with E-state index in [9.17, 15) is 5.11 Å². The Labute approximate surface area is 120 Å². The van der Waals surface area contributed by atoms with Crippen LogP contribution < -0.4 is 14.2 Å². The topological polar surface area (TPSA) is 74.0 Å². The van der Waals surface area contributed by atoms with Crippen LogP contribution in [-0.4, -0.2) is 31.6 Å². The molecule has 0 fully saturated rings. The van der Waals surface area contributed by atoms with E-state index in [1.165, 1.54) is 21.3 Å². The molecule has 0 saturated heterocycles. The maximum absolute atomic E-state index is 9.33. The number of nitrogens with zero attached hydrogens (tertiary/aromatic N) is 1. The molecule has 20 heavy (non-hydrogen) atoms. The minimum atomic E-state index is -0.283. The third-order valence-corrected chi connectivity index (χ3v) is 3.13. The van der Waals surface area contributed by atoms with Crippen molar-refractivity contribution in [3.05, 3.63) is 22.9 Å². The van der Waals surface area contributed by atoms with Crippen LogP contribution in [-0.2, 0) is 6.61 Å². The van der Waals surface area contributed by atoms with Crippen molar-refractivity contribution >= 4 is 11.6 Å². The minimum Gasteiger partial charge on any atom is -0.493 e. The van der Waals surface area contributed by atoms with Gasteiger partial charge >= 0.3 is 0 Å². The SMILES string of the molecule is COc1cc(-c2noc(Cl)c2CO)cc(OC)c1OC. The van der Waals surface area contributed by atoms with Crippen molar-refractivity contribution in [2.75, 3.05) is 21.3 Å². The first kappa shape index (κ1) is 14.5. The molecule has 0 bridgehead atoms. The van der Waals surface area contributed by atoms with Crippen LogP contribution in [0, 0.1) is 0 Å². The molecule has 6 nitrogen and oxygen atoms in total. The molecule has 0 atom stereocenters. The summed E-state index contributed by atoms with van der Waals surface area (Å²) in [5, 5.41) is 13.2. The molecule has 0 unspecified atom stereocenters. The monoisotopic (exact) mass is 299 g/mol. The van der Waals surface area contributed by atoms with Crippen molar-refractivity contribution in [3.63, 3.8) is 0 Å². The predicted molar refractivity (Wildman–Crippen MR) is 72.5 cm³/mol. The van der Waals surface area contributed by atoms with Crippen LogP contribution in [0.5, 0.6) is 17.2 Å². The minimum absolute atomic E-state index is 0.0521. The van der Waals surface area contributed by atoms with Crippen LogP contribution in [0.1, 0.15) is 5.56 Å². The van der Waals surface area contributed by atoms with Gasteiger partial charge in [0.05, 0.1) is 33.5 Å². The molecule has 1 aromatic carbocycles. The van der Waals surface area contributed by atoms with Gasteiger partial charge in [0.2, 0.25) is 11.0 Å². The van der Waals surface area contributed by atoms with Crippen LogP contribution in [0.2, 0.25) is 5.22 Å². The summed E-state index contributed by atoms with van der Waals surface area (Å²) in [6, 6.07) is 3.41. The van der Waals surface area contributed by atoms with Gasteiger partial charge in [-0.25, -0.2) is 0 Å². The lowest BCUT2D eigenvalue weighted by molar-refractivity contribution is 0.281. The number of hydrogen-bond donors (Lipinski definition) is 1. The maximum atomic E-state index is 9.33. The van der Waals surface area contributed by atoms with E-state index in [2.05, 4.69) is 5.16 Å². The average Bonchev–Trinajstić information content (AvgIpc) is 2.86. The highest BCUT2D eigenvalue weighted by Crippen LogP contribution is 2.42. The summed E-state index contributed by atoms with van der Waals surface area (Å²) in [5.74, 6) is 1.42. The van der Waals surface area contributed by atoms with E-state index in [-0.39, 0.29) is 11.8 Å². The quantitative estimate of drug-likeness (QED) is 0.914. The molecule has 1 aromatic heterocycles. The fraction of sp³-hybridized carbons (Fsp3) is 0.308. The van der Waals surface area contributed by atoms with Crippen LogP contribution in [0.25, 0.3) is 11.3 Å². The van der Waals surface area contributed by atoms with Gasteiger partial charge in [0.25, 0.3) is 0 Å². The van der Waals surface area contributed by atoms with Gasteiger partial charge in [0.1, 0.15) is 5.69 Å². The van der Waals surface area contributed by atoms with Crippen molar-refractivity contribution in [2.45, 2.75) is 6.61 Å². The van der Waals surface area contributed by atoms with E-state index in [0.29, 0.717) is 34.1 Å². The van der Waals surface area contributed by atoms with Crippen molar-refractivity contribution in [1.82, 2.24) is 5.16 Å². The smallest absolute Gasteiger partial charge is 0.232 e. The first-order valence-electron chi connectivity index (χ1n) is 5.71. The van der Waals surface area contributed by atoms with E-state index in [4.69, 9.17) is 30.3 Å². The Morgan fingerprint density at radius 3 is 2.20 bits per heavy atom. The maximum Gasteiger partial charge on any atom is 0.232 e. The fourth-order valence-electron chi connectivity index (χ4n) is 1.87. The normalized spacial score (nSPS) is 10.4. The van der Waals surface area contributed by atoms with Gasteiger partial charge in [-0.05, 0) is 23.7 Å². The first-order valence-corrected chi connectivity index (χ1v) is 6.09. The molecule has 108 valence electrons. The number of aromatic nitrogens is 1. The van der Waals surface area contributed by atoms with Crippen molar-refractivity contribution in [1.29, 1.82) is 0 Å². The van der Waals surface area contributed by atoms with E-state index in [0.717, 1.165) is 0 Å². The second-order valence-corrected chi connectivity index (χ2v) is 4.20. The van der Waals surface area contributed by atoms with Gasteiger partial charge in [-0.2, -0.15) is 0 Å². The molecule has 0 saturated carbocycles. The zero-order valence-electron chi connectivity index (χ0n) is 11.3. The second-order valence-electron chi connectivity index (χ2n) is 3.86. The van der Waals surface area contributed by atoms with Gasteiger partial charge in [-0.1, -0.05) is 5.16 Å². The van der Waals surface area contributed by atoms with Gasteiger partial charge in [0.15, 0.2) is 11.5 Å². The number of hydrogen-bond acceptors (Lipinski definition) is 6. The summed E-state index contributed by atoms with van der Waals surface area (Å²) in [5.41, 5.74) is 1.47. The molecule has 0 aliphatic heterocycles. The molecule has 0 amide bonds. The molecular formula is C13H14ClNO5. The molecule has 7 heteroatoms. The summed E-state index contributed by atoms with van der Waals surface area (Å²) >= 11 is 5.82. The molecule has 0 aliphatic carbocycles. The Bertz CT molecular complexity index is 586. The summed E-state index contributed by atoms with van der Waals surface area (Å²) < 4.78 is 20.7. The highest BCUT2D eigenvalue weighted by molar-refractivity contribution is 6.29. The first-order chi connectivity index (χ1) is 9.65. The Morgan fingerprint density at radius 1 is 1.15 bits per heavy atom. The lowest BCUT2D eigenvalue weighted by Gasteiger charge is -2.13. The van der Waals surface area contributed by atoms with Crippen molar-refractivity contribution < 1.29 is 23.8 Å². The van der Waals surface area contributed by atoms with Crippen molar-refractivity contribution in [2.24, 2.45) is 0 Å². The zero-order valence-corrected chi connectivity index (χ0v) is 12.0. The van der Waals surface area contributed by atoms with Gasteiger partial charge in [-0.15, -0.1) is 0 Å². The van der Waals surface area contributed by atoms with Crippen LogP contribution in [0.15, 0.2) is 16.7 Å². The zero-order chi connectivity index (χ0) is 14.7. The standard InChI is InChI=1S/C13H14ClNO5/c1-17-9-4-7(5-10(18-2)12(9)19-3)11-8(6-16)13(14)20-15-11/h4-5,16H,6H2,1-3H3. The van der Waals surface area contributed by atoms with E-state index >= 15 is 0 Å². The largest absolute Gasteiger partial charge is 0.493 e. The number of rotatable bonds is 5. The summed E-state index contributed by atoms with van der Waals surface area (Å²) in [7, 11) is 4.56. The molecule has 0 radical (unpaired) electrons. The number of aliphatic hydroxyl groups excluding tert-OH is 1. The third-order valence-electron chi connectivity index (χ3n) is 2.84. The number of aliphatic hydroxyl groups is 1. The van der Waals surface area contributed by atoms with Gasteiger partial charge < -0.3 is 23.8 Å². The Morgan fingerprint density at radius 2 is 1.75 bits per heavy atom. The molecule has 1 heterocycles. The number of ether oxygens (including phenoxy) is 3. The Balaban J connectivity index is 2.62. The average molecular weight is 300 g/mol. The van der Waals surface area contributed by atoms with Crippen LogP contribution in [0.3, 0.4) is 0 Å². The van der Waals surface area contributed by atoms with Crippen LogP contribution >= 0.6 is 11.6 Å². The predicted octanol–water partition coefficient (Wildman–Crippen LogP) is 2.51. The lowest BCUT2D eigenvalue weighted by atomic mass is 10.1. The highest BCUT2D eigenvalue weighted by Gasteiger charge is 2.20. The lowest BCUT2D eigenvalue weighted by Crippen LogP contribution is -1.96. The number of benzene rings is 1. The number of halogens is 1. The van der Waals surface area contributed by atoms with E-state index in [1.807, 2.05) is 0 Å². The Hall–Kier alpha value is -1.92. The summed E-state index contributed by atoms with van der Waals surface area (Å²) in [4.78, 5) is 0. The van der Waals surface area contributed by atoms with Crippen molar-refractivity contribution in [3.8, 4) is 28.5 Å². The molecular weight excluding hydrogens is 286 g/mol. The number of methoxy groups -OCH3 is 3. The second kappa shape index (κ2) is 6.02. The fourth-order valence-corrected chi connectivity index (χ4v) is 2.05. The Kier molecular flexibility index (Phi) is 4.36. The highest BCUT2D eigenvalue weighted by atomic mass is 35.5. The molecule has 0 aliphatic rings. The van der Waals surface area contributed by atoms with Crippen LogP contribution in [0.4, 0.5) is 0 Å². The molecule has 1 N–H and O–H groups in total. The third kappa shape index (κ3) is 2.39. The van der Waals surface area contributed by atoms with E-state index in [1.54, 1.807) is 12.1 Å². The summed E-state index contributed by atoms with van der Waals surface area (Å²) in [6.07, 6.45) is 0. The van der Waals surface area contributed by atoms with Gasteiger partial charge in [-0.3, -0.25) is 0 Å². The molecule has 0 spiro atoms. The van der Waals surface area contributed by atoms with Gasteiger partial charge in [0, 0.05) is 5.56 Å². The molecule has 2 aromatic rings. The molecule has 2 rings (SSSR count). The summed E-state index contributed by atoms with van der Waals surface area (Å²) in [6.45, 7) is -0.283. The van der Waals surface area contributed by atoms with E-state index < -0.39 is 0 Å².